The van der Waals surface area contributed by atoms with Gasteiger partial charge in [0.25, 0.3) is 17.4 Å². The van der Waals surface area contributed by atoms with Gasteiger partial charge >= 0.3 is 0 Å². The van der Waals surface area contributed by atoms with Crippen LogP contribution in [-0.2, 0) is 9.84 Å². The highest BCUT2D eigenvalue weighted by Gasteiger charge is 2.26. The van der Waals surface area contributed by atoms with Gasteiger partial charge in [0, 0.05) is 126 Å². The molecule has 4 heterocycles. The molecule has 7 aromatic rings. The molecular weight excluding hydrogens is 1350 g/mol. The second-order valence-electron chi connectivity index (χ2n) is 23.8. The predicted molar refractivity (Wildman–Crippen MR) is 386 cm³/mol. The number of pyridine rings is 1. The van der Waals surface area contributed by atoms with Crippen molar-refractivity contribution in [3.63, 3.8) is 0 Å². The summed E-state index contributed by atoms with van der Waals surface area (Å²) in [4.78, 5) is 47.0. The number of aliphatic hydroxyl groups excluding tert-OH is 1. The number of fused-ring (bicyclic) bond motifs is 1. The van der Waals surface area contributed by atoms with E-state index in [1.807, 2.05) is 30.3 Å². The summed E-state index contributed by atoms with van der Waals surface area (Å²) in [5, 5.41) is 36.9. The number of H-pyrrole nitrogens is 1. The molecule has 0 saturated carbocycles. The quantitative estimate of drug-likeness (QED) is 0.0294. The molecule has 26 heteroatoms. The lowest BCUT2D eigenvalue weighted by molar-refractivity contribution is 0.0594. The average Bonchev–Trinajstić information content (AvgIpc) is 0.781. The summed E-state index contributed by atoms with van der Waals surface area (Å²) in [7, 11) is -1.99. The number of nitriles is 2. The number of nitrogens with two attached hydrogens (primary N) is 1. The molecule has 20 nitrogen and oxygen atoms in total. The Morgan fingerprint density at radius 3 is 1.78 bits per heavy atom. The molecule has 2 atom stereocenters. The number of piperidine rings is 3. The van der Waals surface area contributed by atoms with Crippen molar-refractivity contribution in [1.29, 1.82) is 10.5 Å². The van der Waals surface area contributed by atoms with Crippen LogP contribution in [0.2, 0.25) is 25.1 Å². The van der Waals surface area contributed by atoms with Gasteiger partial charge in [-0.1, -0.05) is 77.1 Å². The minimum absolute atomic E-state index is 0. The maximum absolute atomic E-state index is 12.9. The number of β-amino-alcohol motifs (C(OH)–C–C–N with tert-alkyl or cyclic N) is 1. The number of anilines is 1. The van der Waals surface area contributed by atoms with Gasteiger partial charge in [-0.15, -0.1) is 0 Å². The van der Waals surface area contributed by atoms with E-state index in [-0.39, 0.29) is 65.6 Å². The number of aromatic amines is 1. The normalized spacial score (nSPS) is 15.7. The Labute approximate surface area is 592 Å². The molecule has 0 unspecified atom stereocenters. The highest BCUT2D eigenvalue weighted by atomic mass is 35.5. The number of nitrogens with zero attached hydrogens (tertiary/aromatic N) is 5. The molecule has 2 amide bonds. The zero-order chi connectivity index (χ0) is 68.9. The largest absolute Gasteiger partial charge is 0.495 e. The second kappa shape index (κ2) is 36.2. The van der Waals surface area contributed by atoms with Crippen LogP contribution in [0.1, 0.15) is 90.8 Å². The predicted octanol–water partition coefficient (Wildman–Crippen LogP) is 13.0. The van der Waals surface area contributed by atoms with Crippen LogP contribution in [0.4, 0.5) is 5.69 Å². The smallest absolute Gasteiger partial charge is 0.255 e. The van der Waals surface area contributed by atoms with Crippen molar-refractivity contribution in [1.82, 2.24) is 30.3 Å². The molecule has 3 saturated heterocycles. The number of hydrogen-bond donors (Lipinski definition) is 5. The summed E-state index contributed by atoms with van der Waals surface area (Å²) >= 11 is 30.0. The Hall–Kier alpha value is -7.51. The molecule has 10 rings (SSSR count). The fourth-order valence-corrected chi connectivity index (χ4v) is 12.6. The molecule has 6 aromatic carbocycles. The van der Waals surface area contributed by atoms with Gasteiger partial charge < -0.3 is 64.8 Å². The maximum atomic E-state index is 12.9. The molecular formula is C70H88Cl5N9O11S. The fraction of sp³-hybridized carbons (Fsp3) is 0.386. The van der Waals surface area contributed by atoms with Gasteiger partial charge in [0.15, 0.2) is 9.84 Å². The summed E-state index contributed by atoms with van der Waals surface area (Å²) in [5.74, 6) is 2.89. The van der Waals surface area contributed by atoms with Gasteiger partial charge in [0.2, 0.25) is 0 Å². The van der Waals surface area contributed by atoms with Crippen molar-refractivity contribution >= 4 is 96.1 Å². The Balaban J connectivity index is 0.000000390. The van der Waals surface area contributed by atoms with Crippen LogP contribution < -0.4 is 45.6 Å². The van der Waals surface area contributed by atoms with E-state index in [0.717, 1.165) is 115 Å². The molecule has 3 aliphatic heterocycles. The van der Waals surface area contributed by atoms with Crippen LogP contribution in [0.15, 0.2) is 131 Å². The van der Waals surface area contributed by atoms with Gasteiger partial charge in [-0.25, -0.2) is 8.42 Å². The number of aromatic nitrogens is 1. The topological polar surface area (TPSA) is 275 Å². The number of amides is 2. The average molecular weight is 1440 g/mol. The molecule has 0 aliphatic carbocycles. The van der Waals surface area contributed by atoms with E-state index >= 15 is 0 Å². The summed E-state index contributed by atoms with van der Waals surface area (Å²) in [6, 6.07) is 36.2. The monoisotopic (exact) mass is 1440 g/mol. The minimum Gasteiger partial charge on any atom is -0.495 e. The third-order valence-electron chi connectivity index (χ3n) is 16.4. The van der Waals surface area contributed by atoms with E-state index in [0.29, 0.717) is 89.8 Å². The molecule has 3 aliphatic rings. The lowest BCUT2D eigenvalue weighted by atomic mass is 10.0. The summed E-state index contributed by atoms with van der Waals surface area (Å²) < 4.78 is 52.7. The number of aliphatic hydroxyl groups is 1. The number of hydrogen-bond acceptors (Lipinski definition) is 17. The Morgan fingerprint density at radius 2 is 1.23 bits per heavy atom. The van der Waals surface area contributed by atoms with Crippen LogP contribution in [0.25, 0.3) is 10.8 Å². The van der Waals surface area contributed by atoms with Gasteiger partial charge in [-0.3, -0.25) is 14.4 Å². The lowest BCUT2D eigenvalue weighted by Crippen LogP contribution is -2.45. The number of rotatable bonds is 23. The van der Waals surface area contributed by atoms with E-state index < -0.39 is 21.5 Å². The fourth-order valence-electron chi connectivity index (χ4n) is 11.2. The summed E-state index contributed by atoms with van der Waals surface area (Å²) in [6.07, 6.45) is 8.45. The van der Waals surface area contributed by atoms with Crippen LogP contribution in [-0.4, -0.2) is 161 Å². The lowest BCUT2D eigenvalue weighted by Gasteiger charge is -2.33. The van der Waals surface area contributed by atoms with Crippen molar-refractivity contribution < 1.29 is 53.9 Å². The minimum atomic E-state index is -3.49. The molecule has 96 heavy (non-hydrogen) atoms. The number of carbonyl (C=O) groups excluding carboxylic acids is 2. The molecule has 0 radical (unpaired) electrons. The van der Waals surface area contributed by atoms with Crippen LogP contribution in [0.5, 0.6) is 28.7 Å². The highest BCUT2D eigenvalue weighted by Crippen LogP contribution is 2.31. The van der Waals surface area contributed by atoms with Crippen molar-refractivity contribution in [2.75, 3.05) is 97.7 Å². The van der Waals surface area contributed by atoms with Crippen molar-refractivity contribution in [2.45, 2.75) is 81.2 Å². The van der Waals surface area contributed by atoms with E-state index in [1.54, 1.807) is 72.8 Å². The van der Waals surface area contributed by atoms with Gasteiger partial charge in [-0.2, -0.15) is 10.5 Å². The zero-order valence-corrected chi connectivity index (χ0v) is 58.1. The third-order valence-corrected chi connectivity index (χ3v) is 19.3. The van der Waals surface area contributed by atoms with Gasteiger partial charge in [0.1, 0.15) is 53.1 Å². The Morgan fingerprint density at radius 1 is 0.667 bits per heavy atom. The highest BCUT2D eigenvalue weighted by molar-refractivity contribution is 7.90. The SMILES string of the molecule is COc1cc(C(=O)NC[C@@H](O)CN2CCC(Oc3ccc(Cl)c(Cl)c3)CC2)ccc1N.C[C@H](CNC(=O)c1c[nH]c(=O)c2cc(S(C)(=O)=O)ccc12)CN1CCC(Oc2ccc(C#N)c(Cl)c2)CC1.N#Cc1cccc(OCCCN2CCC(Oc3ccc(Cl)c(Cl)c3)CC2)c1.[HH].[HH].[HH].[HH].[HH]. The zero-order valence-electron chi connectivity index (χ0n) is 53.5. The van der Waals surface area contributed by atoms with Gasteiger partial charge in [0.05, 0.1) is 78.3 Å². The van der Waals surface area contributed by atoms with Crippen LogP contribution >= 0.6 is 58.0 Å². The standard InChI is InChI=1S/C27H29ClN4O5S.C22H27Cl2N3O4.C21H22Cl2N2O2.5H2/c1-17(16-32-9-7-19(8-10-32)37-20-4-3-18(13-29)25(28)11-20)14-30-27(34)24-15-31-26(33)23-12-21(38(2,35)36)5-6-22(23)24;1-30-21-10-14(2-5-20(21)25)22(29)26-12-15(28)13-27-8-6-16(7-9-27)31-17-3-4-18(23)19(24)11-17;22-20-6-5-19(14-21(20)23)27-17-7-10-25(11-8-17)9-2-12-26-18-4-1-3-16(13-18)15-24;;;;;/h3-6,11-12,15,17,19H,7-10,14,16H2,1-2H3,(H,30,34)(H,31,33);2-5,10-11,15-16,28H,6-9,12-13,25H2,1H3,(H,26,29);1,3-6,13-14,17H,2,7-12H2;5*1H/t17-;15-;;;;;;/m11....../s1. The van der Waals surface area contributed by atoms with Crippen LogP contribution in [0.3, 0.4) is 0 Å². The van der Waals surface area contributed by atoms with Gasteiger partial charge in [-0.05, 0) is 136 Å². The van der Waals surface area contributed by atoms with Crippen molar-refractivity contribution in [3.8, 4) is 40.9 Å². The Kier molecular flexibility index (Phi) is 28.0. The number of nitrogens with one attached hydrogen (secondary N) is 3. The number of nitrogen functional groups attached to an aromatic ring is 1. The van der Waals surface area contributed by atoms with E-state index in [4.69, 9.17) is 97.9 Å². The second-order valence-corrected chi connectivity index (χ2v) is 27.8. The third kappa shape index (κ3) is 22.5. The molecule has 0 spiro atoms. The van der Waals surface area contributed by atoms with Crippen molar-refractivity contribution in [2.24, 2.45) is 5.92 Å². The molecule has 0 bridgehead atoms. The first-order valence-corrected chi connectivity index (χ1v) is 35.3. The molecule has 1 aromatic heterocycles. The molecule has 520 valence electrons. The molecule has 6 N–H and O–H groups in total. The number of likely N-dealkylation sites (tertiary alicyclic amines) is 3. The van der Waals surface area contributed by atoms with Crippen LogP contribution in [0, 0.1) is 28.6 Å². The number of sulfone groups is 1. The van der Waals surface area contributed by atoms with E-state index in [9.17, 15) is 27.9 Å². The Bertz CT molecular complexity index is 4090. The number of carbonyl (C=O) groups is 2. The first-order chi connectivity index (χ1) is 46.0. The number of benzene rings is 6. The first-order valence-electron chi connectivity index (χ1n) is 31.5. The van der Waals surface area contributed by atoms with Crippen molar-refractivity contribution in [3.05, 3.63) is 179 Å². The van der Waals surface area contributed by atoms with E-state index in [1.165, 1.54) is 31.5 Å². The van der Waals surface area contributed by atoms with E-state index in [2.05, 4.69) is 43.3 Å². The summed E-state index contributed by atoms with van der Waals surface area (Å²) in [5.41, 5.74) is 7.54. The summed E-state index contributed by atoms with van der Waals surface area (Å²) in [6.45, 7) is 10.9. The maximum Gasteiger partial charge on any atom is 0.255 e. The number of methoxy groups -OCH3 is 1. The first kappa shape index (κ1) is 74.3. The molecule has 3 fully saturated rings. The number of halogens is 5. The number of ether oxygens (including phenoxy) is 5.